The summed E-state index contributed by atoms with van der Waals surface area (Å²) in [6.07, 6.45) is 1.10. The topological polar surface area (TPSA) is 39.7 Å². The number of ether oxygens (including phenoxy) is 3. The Morgan fingerprint density at radius 1 is 1.17 bits per heavy atom. The second-order valence-corrected chi connectivity index (χ2v) is 5.84. The molecule has 0 fully saturated rings. The van der Waals surface area contributed by atoms with Crippen LogP contribution in [-0.4, -0.2) is 33.9 Å². The zero-order valence-corrected chi connectivity index (χ0v) is 14.1. The van der Waals surface area contributed by atoms with Crippen molar-refractivity contribution in [3.63, 3.8) is 0 Å². The van der Waals surface area contributed by atoms with Gasteiger partial charge in [0.1, 0.15) is 11.9 Å². The average Bonchev–Trinajstić information content (AvgIpc) is 2.95. The van der Waals surface area contributed by atoms with Crippen molar-refractivity contribution in [2.45, 2.75) is 19.4 Å². The van der Waals surface area contributed by atoms with Gasteiger partial charge in [-0.3, -0.25) is 0 Å². The lowest BCUT2D eigenvalue weighted by Crippen LogP contribution is -2.27. The molecule has 23 heavy (non-hydrogen) atoms. The van der Waals surface area contributed by atoms with E-state index in [0.29, 0.717) is 0 Å². The maximum Gasteiger partial charge on any atom is 0.168 e. The van der Waals surface area contributed by atoms with Crippen LogP contribution >= 0.6 is 0 Å². The molecule has 0 aromatic heterocycles. The van der Waals surface area contributed by atoms with Crippen molar-refractivity contribution in [2.24, 2.45) is 0 Å². The van der Waals surface area contributed by atoms with Crippen molar-refractivity contribution in [3.8, 4) is 28.4 Å². The van der Waals surface area contributed by atoms with E-state index in [4.69, 9.17) is 14.2 Å². The largest absolute Gasteiger partial charge is 0.493 e. The molecule has 4 nitrogen and oxygen atoms in total. The van der Waals surface area contributed by atoms with Crippen LogP contribution in [0.15, 0.2) is 30.3 Å². The van der Waals surface area contributed by atoms with Crippen LogP contribution in [0.4, 0.5) is 0 Å². The predicted molar refractivity (Wildman–Crippen MR) is 91.8 cm³/mol. The number of hydrogen-bond acceptors (Lipinski definition) is 4. The standard InChI is InChI=1S/C19H23NO3/c1-12-8-13-10-14(11-20-2)23-18(13)16(9-12)15-6-5-7-17(21-3)19(15)22-4/h5-9,14,20H,10-11H2,1-4H3/t14-/m1/s1. The van der Waals surface area contributed by atoms with E-state index in [1.165, 1.54) is 11.1 Å². The summed E-state index contributed by atoms with van der Waals surface area (Å²) in [5, 5.41) is 3.19. The number of rotatable bonds is 5. The summed E-state index contributed by atoms with van der Waals surface area (Å²) in [6.45, 7) is 2.95. The number of aryl methyl sites for hydroxylation is 1. The molecule has 1 aliphatic heterocycles. The molecule has 0 saturated carbocycles. The maximum absolute atomic E-state index is 6.20. The summed E-state index contributed by atoms with van der Waals surface area (Å²) >= 11 is 0. The molecule has 0 radical (unpaired) electrons. The Hall–Kier alpha value is -2.20. The van der Waals surface area contributed by atoms with Crippen LogP contribution in [0.3, 0.4) is 0 Å². The van der Waals surface area contributed by atoms with Gasteiger partial charge in [-0.05, 0) is 37.2 Å². The lowest BCUT2D eigenvalue weighted by atomic mass is 9.97. The molecule has 0 amide bonds. The molecular formula is C19H23NO3. The molecule has 0 saturated heterocycles. The van der Waals surface area contributed by atoms with E-state index < -0.39 is 0 Å². The second-order valence-electron chi connectivity index (χ2n) is 5.84. The minimum absolute atomic E-state index is 0.173. The third-order valence-electron chi connectivity index (χ3n) is 4.17. The van der Waals surface area contributed by atoms with Gasteiger partial charge in [0.2, 0.25) is 0 Å². The van der Waals surface area contributed by atoms with Gasteiger partial charge in [0.05, 0.1) is 14.2 Å². The molecule has 1 aliphatic rings. The Labute approximate surface area is 137 Å². The van der Waals surface area contributed by atoms with Gasteiger partial charge in [0, 0.05) is 24.1 Å². The first-order chi connectivity index (χ1) is 11.2. The summed E-state index contributed by atoms with van der Waals surface area (Å²) in [7, 11) is 5.27. The van der Waals surface area contributed by atoms with Crippen LogP contribution in [-0.2, 0) is 6.42 Å². The van der Waals surface area contributed by atoms with Crippen molar-refractivity contribution in [2.75, 3.05) is 27.8 Å². The highest BCUT2D eigenvalue weighted by Gasteiger charge is 2.27. The number of fused-ring (bicyclic) bond motifs is 1. The molecule has 1 heterocycles. The minimum atomic E-state index is 0.173. The lowest BCUT2D eigenvalue weighted by molar-refractivity contribution is 0.232. The summed E-state index contributed by atoms with van der Waals surface area (Å²) in [4.78, 5) is 0. The Bertz CT molecular complexity index is 712. The average molecular weight is 313 g/mol. The minimum Gasteiger partial charge on any atom is -0.493 e. The number of likely N-dealkylation sites (N-methyl/N-ethyl adjacent to an activating group) is 1. The van der Waals surface area contributed by atoms with Gasteiger partial charge in [-0.2, -0.15) is 0 Å². The third-order valence-corrected chi connectivity index (χ3v) is 4.17. The molecule has 0 spiro atoms. The molecule has 122 valence electrons. The van der Waals surface area contributed by atoms with Gasteiger partial charge >= 0.3 is 0 Å². The highest BCUT2D eigenvalue weighted by Crippen LogP contribution is 2.45. The third kappa shape index (κ3) is 2.86. The normalized spacial score (nSPS) is 15.9. The Kier molecular flexibility index (Phi) is 4.44. The van der Waals surface area contributed by atoms with Crippen LogP contribution in [0.25, 0.3) is 11.1 Å². The molecule has 1 N–H and O–H groups in total. The van der Waals surface area contributed by atoms with Gasteiger partial charge in [-0.25, -0.2) is 0 Å². The summed E-state index contributed by atoms with van der Waals surface area (Å²) < 4.78 is 17.2. The molecule has 2 aromatic rings. The van der Waals surface area contributed by atoms with Crippen molar-refractivity contribution >= 4 is 0 Å². The lowest BCUT2D eigenvalue weighted by Gasteiger charge is -2.16. The monoisotopic (exact) mass is 313 g/mol. The first-order valence-electron chi connectivity index (χ1n) is 7.84. The molecule has 0 unspecified atom stereocenters. The van der Waals surface area contributed by atoms with E-state index in [0.717, 1.165) is 41.3 Å². The van der Waals surface area contributed by atoms with E-state index in [1.54, 1.807) is 14.2 Å². The highest BCUT2D eigenvalue weighted by molar-refractivity contribution is 5.80. The summed E-state index contributed by atoms with van der Waals surface area (Å²) in [5.41, 5.74) is 4.54. The van der Waals surface area contributed by atoms with Gasteiger partial charge in [-0.15, -0.1) is 0 Å². The van der Waals surface area contributed by atoms with E-state index >= 15 is 0 Å². The zero-order valence-electron chi connectivity index (χ0n) is 14.1. The van der Waals surface area contributed by atoms with Crippen molar-refractivity contribution in [1.82, 2.24) is 5.32 Å². The maximum atomic E-state index is 6.20. The number of para-hydroxylation sites is 1. The Morgan fingerprint density at radius 2 is 2.00 bits per heavy atom. The van der Waals surface area contributed by atoms with E-state index in [9.17, 15) is 0 Å². The van der Waals surface area contributed by atoms with Gasteiger partial charge in [-0.1, -0.05) is 18.2 Å². The van der Waals surface area contributed by atoms with Crippen molar-refractivity contribution in [1.29, 1.82) is 0 Å². The van der Waals surface area contributed by atoms with Crippen LogP contribution in [0.2, 0.25) is 0 Å². The second kappa shape index (κ2) is 6.50. The zero-order chi connectivity index (χ0) is 16.4. The Morgan fingerprint density at radius 3 is 2.70 bits per heavy atom. The van der Waals surface area contributed by atoms with Crippen LogP contribution in [0, 0.1) is 6.92 Å². The highest BCUT2D eigenvalue weighted by atomic mass is 16.5. The molecule has 0 bridgehead atoms. The van der Waals surface area contributed by atoms with Crippen LogP contribution in [0.5, 0.6) is 17.2 Å². The van der Waals surface area contributed by atoms with Gasteiger partial charge in [0.25, 0.3) is 0 Å². The smallest absolute Gasteiger partial charge is 0.168 e. The number of benzene rings is 2. The molecule has 4 heteroatoms. The van der Waals surface area contributed by atoms with Crippen LogP contribution < -0.4 is 19.5 Å². The quantitative estimate of drug-likeness (QED) is 0.920. The number of nitrogens with one attached hydrogen (secondary N) is 1. The predicted octanol–water partition coefficient (Wildman–Crippen LogP) is 3.20. The number of methoxy groups -OCH3 is 2. The van der Waals surface area contributed by atoms with Gasteiger partial charge in [0.15, 0.2) is 11.5 Å². The molecule has 0 aliphatic carbocycles. The van der Waals surface area contributed by atoms with Crippen molar-refractivity contribution in [3.05, 3.63) is 41.5 Å². The van der Waals surface area contributed by atoms with Crippen molar-refractivity contribution < 1.29 is 14.2 Å². The fourth-order valence-electron chi connectivity index (χ4n) is 3.23. The van der Waals surface area contributed by atoms with E-state index in [2.05, 4.69) is 24.4 Å². The fraction of sp³-hybridized carbons (Fsp3) is 0.368. The molecule has 3 rings (SSSR count). The molecule has 2 aromatic carbocycles. The first kappa shape index (κ1) is 15.7. The fourth-order valence-corrected chi connectivity index (χ4v) is 3.23. The SMILES string of the molecule is CNC[C@H]1Cc2cc(C)cc(-c3cccc(OC)c3OC)c2O1. The van der Waals surface area contributed by atoms with Gasteiger partial charge < -0.3 is 19.5 Å². The van der Waals surface area contributed by atoms with Crippen LogP contribution in [0.1, 0.15) is 11.1 Å². The first-order valence-corrected chi connectivity index (χ1v) is 7.84. The summed E-state index contributed by atoms with van der Waals surface area (Å²) in [6, 6.07) is 10.3. The number of hydrogen-bond donors (Lipinski definition) is 1. The summed E-state index contributed by atoms with van der Waals surface area (Å²) in [5.74, 6) is 2.43. The van der Waals surface area contributed by atoms with E-state index in [-0.39, 0.29) is 6.10 Å². The molecular weight excluding hydrogens is 290 g/mol. The van der Waals surface area contributed by atoms with E-state index in [1.807, 2.05) is 25.2 Å². The molecule has 1 atom stereocenters. The Balaban J connectivity index is 2.13.